The van der Waals surface area contributed by atoms with Crippen molar-refractivity contribution in [2.75, 3.05) is 21.3 Å². The minimum Gasteiger partial charge on any atom is -0.493 e. The second-order valence-corrected chi connectivity index (χ2v) is 3.77. The third-order valence-corrected chi connectivity index (χ3v) is 2.60. The summed E-state index contributed by atoms with van der Waals surface area (Å²) in [7, 11) is 4.80. The van der Waals surface area contributed by atoms with Gasteiger partial charge in [0.2, 0.25) is 5.75 Å². The van der Waals surface area contributed by atoms with Gasteiger partial charge < -0.3 is 14.2 Å². The second-order valence-electron chi connectivity index (χ2n) is 3.77. The first-order valence-corrected chi connectivity index (χ1v) is 5.41. The van der Waals surface area contributed by atoms with Gasteiger partial charge in [0.05, 0.1) is 21.3 Å². The Kier molecular flexibility index (Phi) is 4.71. The molecule has 0 radical (unpaired) electrons. The summed E-state index contributed by atoms with van der Waals surface area (Å²) >= 11 is 0. The molecule has 0 saturated heterocycles. The van der Waals surface area contributed by atoms with Gasteiger partial charge in [-0.3, -0.25) is 0 Å². The van der Waals surface area contributed by atoms with Crippen LogP contribution >= 0.6 is 0 Å². The molecule has 0 aromatic heterocycles. The lowest BCUT2D eigenvalue weighted by atomic mass is 10.0. The van der Waals surface area contributed by atoms with Crippen LogP contribution < -0.4 is 14.2 Å². The Morgan fingerprint density at radius 3 is 2.24 bits per heavy atom. The molecule has 0 aliphatic carbocycles. The minimum absolute atomic E-state index is 0.155. The van der Waals surface area contributed by atoms with Gasteiger partial charge in [-0.15, -0.1) is 12.3 Å². The monoisotopic (exact) mass is 234 g/mol. The SMILES string of the molecule is C#CC(C)Cc1ccc(OC)c(OC)c1OC. The van der Waals surface area contributed by atoms with Crippen LogP contribution in [-0.2, 0) is 6.42 Å². The Morgan fingerprint density at radius 2 is 1.76 bits per heavy atom. The molecule has 0 N–H and O–H groups in total. The topological polar surface area (TPSA) is 27.7 Å². The van der Waals surface area contributed by atoms with Crippen LogP contribution in [0.2, 0.25) is 0 Å². The molecule has 1 rings (SSSR count). The van der Waals surface area contributed by atoms with Crippen LogP contribution in [0.3, 0.4) is 0 Å². The van der Waals surface area contributed by atoms with E-state index in [1.807, 2.05) is 19.1 Å². The van der Waals surface area contributed by atoms with Crippen molar-refractivity contribution < 1.29 is 14.2 Å². The maximum Gasteiger partial charge on any atom is 0.203 e. The first-order valence-electron chi connectivity index (χ1n) is 5.41. The highest BCUT2D eigenvalue weighted by atomic mass is 16.5. The molecule has 17 heavy (non-hydrogen) atoms. The number of ether oxygens (including phenoxy) is 3. The van der Waals surface area contributed by atoms with Gasteiger partial charge in [0.15, 0.2) is 11.5 Å². The first-order chi connectivity index (χ1) is 8.17. The highest BCUT2D eigenvalue weighted by molar-refractivity contribution is 5.56. The molecule has 0 spiro atoms. The lowest BCUT2D eigenvalue weighted by Crippen LogP contribution is -2.02. The molecule has 3 nitrogen and oxygen atoms in total. The van der Waals surface area contributed by atoms with Crippen LogP contribution in [0.4, 0.5) is 0 Å². The second kappa shape index (κ2) is 6.05. The maximum atomic E-state index is 5.39. The van der Waals surface area contributed by atoms with Crippen molar-refractivity contribution in [1.29, 1.82) is 0 Å². The normalized spacial score (nSPS) is 11.5. The zero-order valence-corrected chi connectivity index (χ0v) is 10.7. The van der Waals surface area contributed by atoms with E-state index in [4.69, 9.17) is 20.6 Å². The summed E-state index contributed by atoms with van der Waals surface area (Å²) in [5, 5.41) is 0. The fourth-order valence-electron chi connectivity index (χ4n) is 1.71. The van der Waals surface area contributed by atoms with E-state index in [-0.39, 0.29) is 5.92 Å². The van der Waals surface area contributed by atoms with E-state index >= 15 is 0 Å². The standard InChI is InChI=1S/C14H18O3/c1-6-10(2)9-11-7-8-12(15-3)14(17-5)13(11)16-4/h1,7-8,10H,9H2,2-5H3. The summed E-state index contributed by atoms with van der Waals surface area (Å²) in [6.07, 6.45) is 6.14. The first kappa shape index (κ1) is 13.2. The zero-order valence-electron chi connectivity index (χ0n) is 10.7. The molecule has 0 saturated carbocycles. The molecule has 3 heteroatoms. The fourth-order valence-corrected chi connectivity index (χ4v) is 1.71. The molecular formula is C14H18O3. The van der Waals surface area contributed by atoms with Gasteiger partial charge in [0.25, 0.3) is 0 Å². The minimum atomic E-state index is 0.155. The van der Waals surface area contributed by atoms with Crippen LogP contribution in [-0.4, -0.2) is 21.3 Å². The van der Waals surface area contributed by atoms with Crippen LogP contribution in [0.5, 0.6) is 17.2 Å². The molecular weight excluding hydrogens is 216 g/mol. The summed E-state index contributed by atoms with van der Waals surface area (Å²) in [5.74, 6) is 4.81. The summed E-state index contributed by atoms with van der Waals surface area (Å²) in [5.41, 5.74) is 1.02. The highest BCUT2D eigenvalue weighted by Gasteiger charge is 2.16. The van der Waals surface area contributed by atoms with Crippen molar-refractivity contribution in [3.63, 3.8) is 0 Å². The Bertz CT molecular complexity index is 418. The van der Waals surface area contributed by atoms with Crippen molar-refractivity contribution in [3.05, 3.63) is 17.7 Å². The van der Waals surface area contributed by atoms with Crippen molar-refractivity contribution in [3.8, 4) is 29.6 Å². The molecule has 0 heterocycles. The van der Waals surface area contributed by atoms with Gasteiger partial charge in [-0.1, -0.05) is 13.0 Å². The summed E-state index contributed by atoms with van der Waals surface area (Å²) in [4.78, 5) is 0. The summed E-state index contributed by atoms with van der Waals surface area (Å²) in [6, 6.07) is 3.81. The van der Waals surface area contributed by atoms with Crippen molar-refractivity contribution in [1.82, 2.24) is 0 Å². The quantitative estimate of drug-likeness (QED) is 0.733. The maximum absolute atomic E-state index is 5.39. The lowest BCUT2D eigenvalue weighted by molar-refractivity contribution is 0.321. The van der Waals surface area contributed by atoms with Gasteiger partial charge in [-0.2, -0.15) is 0 Å². The molecule has 92 valence electrons. The third-order valence-electron chi connectivity index (χ3n) is 2.60. The Morgan fingerprint density at radius 1 is 1.12 bits per heavy atom. The Labute approximate surface area is 103 Å². The van der Waals surface area contributed by atoms with Crippen LogP contribution in [0.25, 0.3) is 0 Å². The summed E-state index contributed by atoms with van der Waals surface area (Å²) in [6.45, 7) is 2.00. The van der Waals surface area contributed by atoms with Crippen molar-refractivity contribution in [2.45, 2.75) is 13.3 Å². The van der Waals surface area contributed by atoms with E-state index in [1.165, 1.54) is 0 Å². The van der Waals surface area contributed by atoms with Crippen LogP contribution in [0, 0.1) is 18.3 Å². The van der Waals surface area contributed by atoms with E-state index in [1.54, 1.807) is 21.3 Å². The van der Waals surface area contributed by atoms with E-state index in [2.05, 4.69) is 5.92 Å². The zero-order chi connectivity index (χ0) is 12.8. The van der Waals surface area contributed by atoms with Gasteiger partial charge in [-0.25, -0.2) is 0 Å². The molecule has 1 unspecified atom stereocenters. The number of hydrogen-bond donors (Lipinski definition) is 0. The molecule has 1 atom stereocenters. The Hall–Kier alpha value is -1.82. The third kappa shape index (κ3) is 2.85. The predicted molar refractivity (Wildman–Crippen MR) is 67.8 cm³/mol. The molecule has 1 aromatic carbocycles. The van der Waals surface area contributed by atoms with Crippen LogP contribution in [0.1, 0.15) is 12.5 Å². The molecule has 0 bridgehead atoms. The average Bonchev–Trinajstić information content (AvgIpc) is 2.37. The summed E-state index contributed by atoms with van der Waals surface area (Å²) < 4.78 is 15.9. The predicted octanol–water partition coefficient (Wildman–Crippen LogP) is 2.52. The van der Waals surface area contributed by atoms with Gasteiger partial charge in [0.1, 0.15) is 0 Å². The molecule has 0 aliphatic rings. The number of benzene rings is 1. The van der Waals surface area contributed by atoms with E-state index in [0.29, 0.717) is 17.2 Å². The number of hydrogen-bond acceptors (Lipinski definition) is 3. The van der Waals surface area contributed by atoms with Crippen LogP contribution in [0.15, 0.2) is 12.1 Å². The highest BCUT2D eigenvalue weighted by Crippen LogP contribution is 2.40. The fraction of sp³-hybridized carbons (Fsp3) is 0.429. The number of terminal acetylenes is 1. The van der Waals surface area contributed by atoms with Crippen molar-refractivity contribution in [2.24, 2.45) is 5.92 Å². The smallest absolute Gasteiger partial charge is 0.203 e. The van der Waals surface area contributed by atoms with E-state index in [9.17, 15) is 0 Å². The number of rotatable bonds is 5. The Balaban J connectivity index is 3.19. The van der Waals surface area contributed by atoms with Gasteiger partial charge in [-0.05, 0) is 18.1 Å². The van der Waals surface area contributed by atoms with E-state index in [0.717, 1.165) is 12.0 Å². The average molecular weight is 234 g/mol. The van der Waals surface area contributed by atoms with Gasteiger partial charge >= 0.3 is 0 Å². The van der Waals surface area contributed by atoms with E-state index < -0.39 is 0 Å². The molecule has 0 fully saturated rings. The molecule has 0 aliphatic heterocycles. The largest absolute Gasteiger partial charge is 0.493 e. The van der Waals surface area contributed by atoms with Gasteiger partial charge in [0, 0.05) is 5.92 Å². The molecule has 0 amide bonds. The lowest BCUT2D eigenvalue weighted by Gasteiger charge is -2.16. The molecule has 1 aromatic rings. The number of methoxy groups -OCH3 is 3. The van der Waals surface area contributed by atoms with Crippen molar-refractivity contribution >= 4 is 0 Å².